The molecule has 1 fully saturated rings. The molecule has 1 aromatic carbocycles. The lowest BCUT2D eigenvalue weighted by Crippen LogP contribution is -2.14. The van der Waals surface area contributed by atoms with Gasteiger partial charge in [-0.3, -0.25) is 0 Å². The van der Waals surface area contributed by atoms with E-state index in [9.17, 15) is 17.6 Å². The average molecular weight is 358 g/mol. The van der Waals surface area contributed by atoms with Crippen LogP contribution in [0.25, 0.3) is 0 Å². The number of hydrogen-bond acceptors (Lipinski definition) is 1. The normalized spacial score (nSPS) is 21.2. The molecule has 0 radical (unpaired) electrons. The molecule has 0 bridgehead atoms. The van der Waals surface area contributed by atoms with Crippen molar-refractivity contribution in [2.24, 2.45) is 5.92 Å². The standard InChI is InChI=1S/C20H26F4O/c1-2-3-4-5-6-7-14-8-10-15(11-9-14)16-12-17(21)19(18(22)13-16)25-20(23)24/h3-4,12-15,20H,2,5-11H2,1H3/b4-3+. The Kier molecular flexibility index (Phi) is 7.79. The largest absolute Gasteiger partial charge is 0.429 e. The Labute approximate surface area is 147 Å². The molecule has 0 amide bonds. The van der Waals surface area contributed by atoms with Gasteiger partial charge in [0.2, 0.25) is 0 Å². The third-order valence-corrected chi connectivity index (χ3v) is 4.93. The topological polar surface area (TPSA) is 9.23 Å². The average Bonchev–Trinajstić information content (AvgIpc) is 2.58. The van der Waals surface area contributed by atoms with Crippen LogP contribution in [0.2, 0.25) is 0 Å². The van der Waals surface area contributed by atoms with Crippen molar-refractivity contribution in [3.63, 3.8) is 0 Å². The first-order valence-corrected chi connectivity index (χ1v) is 9.10. The van der Waals surface area contributed by atoms with Crippen molar-refractivity contribution in [2.45, 2.75) is 70.8 Å². The molecule has 0 aromatic heterocycles. The zero-order valence-corrected chi connectivity index (χ0v) is 14.6. The minimum absolute atomic E-state index is 0.0841. The molecule has 1 aliphatic rings. The molecule has 5 heteroatoms. The van der Waals surface area contributed by atoms with Crippen molar-refractivity contribution in [1.82, 2.24) is 0 Å². The SMILES string of the molecule is CC/C=C/CCCC1CCC(c2cc(F)c(OC(F)F)c(F)c2)CC1. The van der Waals surface area contributed by atoms with Crippen molar-refractivity contribution in [3.05, 3.63) is 41.5 Å². The fourth-order valence-corrected chi connectivity index (χ4v) is 3.61. The third kappa shape index (κ3) is 6.05. The van der Waals surface area contributed by atoms with E-state index >= 15 is 0 Å². The van der Waals surface area contributed by atoms with Crippen LogP contribution in [0, 0.1) is 17.6 Å². The molecule has 25 heavy (non-hydrogen) atoms. The predicted molar refractivity (Wildman–Crippen MR) is 91.0 cm³/mol. The van der Waals surface area contributed by atoms with Gasteiger partial charge in [-0.05, 0) is 74.5 Å². The van der Waals surface area contributed by atoms with Crippen LogP contribution in [-0.4, -0.2) is 6.61 Å². The summed E-state index contributed by atoms with van der Waals surface area (Å²) in [6.07, 6.45) is 12.8. The number of allylic oxidation sites excluding steroid dienone is 2. The van der Waals surface area contributed by atoms with E-state index in [0.717, 1.165) is 50.7 Å². The summed E-state index contributed by atoms with van der Waals surface area (Å²) in [4.78, 5) is 0. The lowest BCUT2D eigenvalue weighted by Gasteiger charge is -2.29. The van der Waals surface area contributed by atoms with Crippen molar-refractivity contribution in [3.8, 4) is 5.75 Å². The smallest absolute Gasteiger partial charge is 0.387 e. The Morgan fingerprint density at radius 1 is 1.08 bits per heavy atom. The fraction of sp³-hybridized carbons (Fsp3) is 0.600. The molecule has 2 rings (SSSR count). The summed E-state index contributed by atoms with van der Waals surface area (Å²) in [7, 11) is 0. The number of alkyl halides is 2. The van der Waals surface area contributed by atoms with Crippen LogP contribution >= 0.6 is 0 Å². The molecule has 1 nitrogen and oxygen atoms in total. The van der Waals surface area contributed by atoms with E-state index in [1.165, 1.54) is 12.8 Å². The first kappa shape index (κ1) is 19.8. The number of hydrogen-bond donors (Lipinski definition) is 0. The van der Waals surface area contributed by atoms with Crippen LogP contribution in [0.4, 0.5) is 17.6 Å². The Hall–Kier alpha value is -1.52. The minimum atomic E-state index is -3.24. The maximum absolute atomic E-state index is 13.9. The van der Waals surface area contributed by atoms with Gasteiger partial charge < -0.3 is 4.74 Å². The predicted octanol–water partition coefficient (Wildman–Crippen LogP) is 6.98. The lowest BCUT2D eigenvalue weighted by atomic mass is 9.77. The maximum Gasteiger partial charge on any atom is 0.387 e. The second-order valence-electron chi connectivity index (χ2n) is 6.72. The summed E-state index contributed by atoms with van der Waals surface area (Å²) in [5, 5.41) is 0. The Morgan fingerprint density at radius 2 is 1.72 bits per heavy atom. The molecule has 140 valence electrons. The van der Waals surface area contributed by atoms with Crippen LogP contribution in [-0.2, 0) is 0 Å². The van der Waals surface area contributed by atoms with Gasteiger partial charge in [0.25, 0.3) is 0 Å². The molecule has 1 aliphatic carbocycles. The molecule has 0 N–H and O–H groups in total. The summed E-state index contributed by atoms with van der Waals surface area (Å²) in [5.74, 6) is -2.35. The number of halogens is 4. The highest BCUT2D eigenvalue weighted by Gasteiger charge is 2.25. The van der Waals surface area contributed by atoms with Crippen LogP contribution in [0.1, 0.15) is 69.8 Å². The van der Waals surface area contributed by atoms with E-state index in [1.54, 1.807) is 0 Å². The molecule has 0 atom stereocenters. The molecule has 0 unspecified atom stereocenters. The first-order chi connectivity index (χ1) is 12.0. The molecule has 1 saturated carbocycles. The zero-order valence-electron chi connectivity index (χ0n) is 14.6. The number of ether oxygens (including phenoxy) is 1. The third-order valence-electron chi connectivity index (χ3n) is 4.93. The molecule has 1 aromatic rings. The van der Waals surface area contributed by atoms with Crippen molar-refractivity contribution >= 4 is 0 Å². The van der Waals surface area contributed by atoms with Crippen LogP contribution in [0.15, 0.2) is 24.3 Å². The number of unbranched alkanes of at least 4 members (excludes halogenated alkanes) is 1. The molecule has 0 saturated heterocycles. The molecular weight excluding hydrogens is 332 g/mol. The zero-order chi connectivity index (χ0) is 18.2. The van der Waals surface area contributed by atoms with Crippen LogP contribution in [0.5, 0.6) is 5.75 Å². The quantitative estimate of drug-likeness (QED) is 0.277. The summed E-state index contributed by atoms with van der Waals surface area (Å²) < 4.78 is 56.0. The molecule has 0 spiro atoms. The highest BCUT2D eigenvalue weighted by atomic mass is 19.3. The fourth-order valence-electron chi connectivity index (χ4n) is 3.61. The monoisotopic (exact) mass is 358 g/mol. The van der Waals surface area contributed by atoms with Gasteiger partial charge in [-0.1, -0.05) is 25.5 Å². The molecule has 0 heterocycles. The van der Waals surface area contributed by atoms with Gasteiger partial charge in [0.15, 0.2) is 17.4 Å². The Balaban J connectivity index is 1.87. The number of benzene rings is 1. The second-order valence-corrected chi connectivity index (χ2v) is 6.72. The van der Waals surface area contributed by atoms with E-state index in [-0.39, 0.29) is 5.92 Å². The molecular formula is C20H26F4O. The van der Waals surface area contributed by atoms with Gasteiger partial charge in [-0.15, -0.1) is 0 Å². The van der Waals surface area contributed by atoms with E-state index < -0.39 is 24.0 Å². The lowest BCUT2D eigenvalue weighted by molar-refractivity contribution is -0.0546. The van der Waals surface area contributed by atoms with Gasteiger partial charge in [0.1, 0.15) is 0 Å². The van der Waals surface area contributed by atoms with E-state index in [2.05, 4.69) is 23.8 Å². The highest BCUT2D eigenvalue weighted by Crippen LogP contribution is 2.39. The highest BCUT2D eigenvalue weighted by molar-refractivity contribution is 5.33. The summed E-state index contributed by atoms with van der Waals surface area (Å²) >= 11 is 0. The van der Waals surface area contributed by atoms with Crippen LogP contribution < -0.4 is 4.74 Å². The minimum Gasteiger partial charge on any atom is -0.429 e. The summed E-state index contributed by atoms with van der Waals surface area (Å²) in [6.45, 7) is -1.12. The van der Waals surface area contributed by atoms with E-state index in [1.807, 2.05) is 0 Å². The first-order valence-electron chi connectivity index (χ1n) is 9.10. The second kappa shape index (κ2) is 9.83. The van der Waals surface area contributed by atoms with Crippen molar-refractivity contribution in [1.29, 1.82) is 0 Å². The summed E-state index contributed by atoms with van der Waals surface area (Å²) in [6, 6.07) is 2.28. The van der Waals surface area contributed by atoms with Gasteiger partial charge in [-0.25, -0.2) is 8.78 Å². The maximum atomic E-state index is 13.9. The molecule has 0 aliphatic heterocycles. The van der Waals surface area contributed by atoms with Gasteiger partial charge >= 0.3 is 6.61 Å². The van der Waals surface area contributed by atoms with Gasteiger partial charge in [0.05, 0.1) is 0 Å². The van der Waals surface area contributed by atoms with E-state index in [0.29, 0.717) is 11.5 Å². The number of rotatable bonds is 8. The Bertz CT molecular complexity index is 540. The van der Waals surface area contributed by atoms with Gasteiger partial charge in [-0.2, -0.15) is 8.78 Å². The van der Waals surface area contributed by atoms with Crippen molar-refractivity contribution in [2.75, 3.05) is 0 Å². The Morgan fingerprint density at radius 3 is 2.28 bits per heavy atom. The van der Waals surface area contributed by atoms with E-state index in [4.69, 9.17) is 0 Å². The van der Waals surface area contributed by atoms with Crippen molar-refractivity contribution < 1.29 is 22.3 Å². The van der Waals surface area contributed by atoms with Gasteiger partial charge in [0, 0.05) is 0 Å². The van der Waals surface area contributed by atoms with Crippen LogP contribution in [0.3, 0.4) is 0 Å². The summed E-state index contributed by atoms with van der Waals surface area (Å²) in [5.41, 5.74) is 0.543.